The molecule has 5 heteroatoms. The van der Waals surface area contributed by atoms with Crippen LogP contribution in [0.15, 0.2) is 18.5 Å². The first kappa shape index (κ1) is 14.8. The number of anilines is 1. The Morgan fingerprint density at radius 3 is 2.70 bits per heavy atom. The average molecular weight is 276 g/mol. The fourth-order valence-electron chi connectivity index (χ4n) is 2.19. The summed E-state index contributed by atoms with van der Waals surface area (Å²) in [6.07, 6.45) is 4.41. The van der Waals surface area contributed by atoms with Gasteiger partial charge in [-0.15, -0.1) is 0 Å². The molecule has 0 fully saturated rings. The fraction of sp³-hybridized carbons (Fsp3) is 0.600. The van der Waals surface area contributed by atoms with Gasteiger partial charge in [-0.25, -0.2) is 9.50 Å². The fourth-order valence-corrected chi connectivity index (χ4v) is 2.19. The molecule has 2 aromatic rings. The summed E-state index contributed by atoms with van der Waals surface area (Å²) in [6.45, 7) is 10.4. The van der Waals surface area contributed by atoms with Crippen LogP contribution in [0.4, 0.5) is 5.82 Å². The van der Waals surface area contributed by atoms with Gasteiger partial charge in [0.2, 0.25) is 0 Å². The topological polar surface area (TPSA) is 53.7 Å². The summed E-state index contributed by atoms with van der Waals surface area (Å²) in [4.78, 5) is 6.69. The molecule has 0 saturated carbocycles. The van der Waals surface area contributed by atoms with E-state index in [2.05, 4.69) is 48.7 Å². The van der Waals surface area contributed by atoms with Crippen LogP contribution in [0.1, 0.15) is 39.8 Å². The van der Waals surface area contributed by atoms with Crippen LogP contribution in [0.2, 0.25) is 0 Å². The molecule has 110 valence electrons. The highest BCUT2D eigenvalue weighted by Gasteiger charge is 2.20. The van der Waals surface area contributed by atoms with Crippen molar-refractivity contribution in [1.82, 2.24) is 14.6 Å². The summed E-state index contributed by atoms with van der Waals surface area (Å²) in [6, 6.07) is 2.12. The van der Waals surface area contributed by atoms with Crippen LogP contribution < -0.4 is 4.90 Å². The molecule has 0 unspecified atom stereocenters. The molecule has 0 amide bonds. The number of aliphatic hydroxyl groups excluding tert-OH is 1. The van der Waals surface area contributed by atoms with Crippen LogP contribution in [0.25, 0.3) is 5.52 Å². The number of aromatic nitrogens is 3. The monoisotopic (exact) mass is 276 g/mol. The summed E-state index contributed by atoms with van der Waals surface area (Å²) in [7, 11) is 0. The van der Waals surface area contributed by atoms with E-state index in [-0.39, 0.29) is 12.0 Å². The minimum absolute atomic E-state index is 0.0193. The molecule has 20 heavy (non-hydrogen) atoms. The molecule has 0 aromatic carbocycles. The molecular weight excluding hydrogens is 252 g/mol. The highest BCUT2D eigenvalue weighted by atomic mass is 16.3. The Hall–Kier alpha value is -1.62. The van der Waals surface area contributed by atoms with E-state index in [1.165, 1.54) is 0 Å². The second kappa shape index (κ2) is 5.79. The van der Waals surface area contributed by atoms with Gasteiger partial charge in [-0.05, 0) is 19.4 Å². The number of hydrogen-bond acceptors (Lipinski definition) is 4. The highest BCUT2D eigenvalue weighted by Crippen LogP contribution is 2.26. The Bertz CT molecular complexity index is 571. The number of aliphatic hydroxyl groups is 1. The smallest absolute Gasteiger partial charge is 0.154 e. The van der Waals surface area contributed by atoms with Crippen LogP contribution in [0, 0.1) is 0 Å². The summed E-state index contributed by atoms with van der Waals surface area (Å²) < 4.78 is 1.89. The van der Waals surface area contributed by atoms with Crippen molar-refractivity contribution in [2.24, 2.45) is 0 Å². The minimum Gasteiger partial charge on any atom is -0.396 e. The van der Waals surface area contributed by atoms with Crippen molar-refractivity contribution in [2.45, 2.75) is 39.5 Å². The lowest BCUT2D eigenvalue weighted by atomic mass is 9.92. The molecule has 0 aliphatic heterocycles. The van der Waals surface area contributed by atoms with E-state index < -0.39 is 0 Å². The van der Waals surface area contributed by atoms with Gasteiger partial charge in [-0.2, -0.15) is 5.10 Å². The zero-order valence-corrected chi connectivity index (χ0v) is 12.8. The first-order valence-corrected chi connectivity index (χ1v) is 7.18. The maximum absolute atomic E-state index is 9.02. The van der Waals surface area contributed by atoms with Gasteiger partial charge >= 0.3 is 0 Å². The Morgan fingerprint density at radius 2 is 2.10 bits per heavy atom. The van der Waals surface area contributed by atoms with E-state index in [1.54, 1.807) is 6.20 Å². The third-order valence-corrected chi connectivity index (χ3v) is 3.41. The Labute approximate surface area is 120 Å². The number of hydrogen-bond donors (Lipinski definition) is 1. The van der Waals surface area contributed by atoms with Crippen LogP contribution in [0.5, 0.6) is 0 Å². The van der Waals surface area contributed by atoms with Gasteiger partial charge in [0.25, 0.3) is 0 Å². The largest absolute Gasteiger partial charge is 0.396 e. The highest BCUT2D eigenvalue weighted by molar-refractivity contribution is 5.69. The summed E-state index contributed by atoms with van der Waals surface area (Å²) in [5.41, 5.74) is 2.10. The van der Waals surface area contributed by atoms with Crippen molar-refractivity contribution in [3.8, 4) is 0 Å². The quantitative estimate of drug-likeness (QED) is 0.910. The Balaban J connectivity index is 2.45. The van der Waals surface area contributed by atoms with Gasteiger partial charge in [0.15, 0.2) is 5.82 Å². The molecule has 2 rings (SSSR count). The molecule has 0 aliphatic carbocycles. The van der Waals surface area contributed by atoms with Gasteiger partial charge < -0.3 is 10.0 Å². The lowest BCUT2D eigenvalue weighted by molar-refractivity contribution is 0.289. The van der Waals surface area contributed by atoms with Crippen molar-refractivity contribution in [3.05, 3.63) is 24.2 Å². The predicted molar refractivity (Wildman–Crippen MR) is 81.3 cm³/mol. The lowest BCUT2D eigenvalue weighted by Gasteiger charge is -2.21. The molecule has 0 radical (unpaired) electrons. The maximum atomic E-state index is 9.02. The normalized spacial score (nSPS) is 12.1. The molecule has 1 N–H and O–H groups in total. The summed E-state index contributed by atoms with van der Waals surface area (Å²) in [5.74, 6) is 0.937. The van der Waals surface area contributed by atoms with E-state index in [1.807, 2.05) is 10.7 Å². The van der Waals surface area contributed by atoms with E-state index >= 15 is 0 Å². The van der Waals surface area contributed by atoms with Gasteiger partial charge in [-0.1, -0.05) is 20.8 Å². The molecule has 2 aromatic heterocycles. The first-order chi connectivity index (χ1) is 9.47. The summed E-state index contributed by atoms with van der Waals surface area (Å²) >= 11 is 0. The second-order valence-corrected chi connectivity index (χ2v) is 6.02. The Kier molecular flexibility index (Phi) is 4.28. The summed E-state index contributed by atoms with van der Waals surface area (Å²) in [5, 5.41) is 13.7. The standard InChI is InChI=1S/C15H24N4O/c1-5-18(8-6-10-20)14-12-11-13(15(2,3)4)17-19(12)9-7-16-14/h7,9,11,20H,5-6,8,10H2,1-4H3. The van der Waals surface area contributed by atoms with Gasteiger partial charge in [0.1, 0.15) is 5.52 Å². The van der Waals surface area contributed by atoms with Crippen molar-refractivity contribution in [1.29, 1.82) is 0 Å². The van der Waals surface area contributed by atoms with Crippen molar-refractivity contribution < 1.29 is 5.11 Å². The molecule has 5 nitrogen and oxygen atoms in total. The zero-order valence-electron chi connectivity index (χ0n) is 12.8. The van der Waals surface area contributed by atoms with Gasteiger partial charge in [-0.3, -0.25) is 0 Å². The SMILES string of the molecule is CCN(CCCO)c1nccn2nc(C(C)(C)C)cc12. The minimum atomic E-state index is 0.0193. The zero-order chi connectivity index (χ0) is 14.8. The Morgan fingerprint density at radius 1 is 1.35 bits per heavy atom. The maximum Gasteiger partial charge on any atom is 0.154 e. The second-order valence-electron chi connectivity index (χ2n) is 6.02. The molecule has 0 spiro atoms. The molecule has 0 aliphatic rings. The van der Waals surface area contributed by atoms with Crippen LogP contribution in [0.3, 0.4) is 0 Å². The lowest BCUT2D eigenvalue weighted by Crippen LogP contribution is -2.26. The van der Waals surface area contributed by atoms with Crippen molar-refractivity contribution in [3.63, 3.8) is 0 Å². The van der Waals surface area contributed by atoms with Crippen LogP contribution in [-0.2, 0) is 5.41 Å². The van der Waals surface area contributed by atoms with E-state index in [0.717, 1.165) is 36.5 Å². The van der Waals surface area contributed by atoms with Gasteiger partial charge in [0, 0.05) is 37.5 Å². The van der Waals surface area contributed by atoms with Crippen LogP contribution >= 0.6 is 0 Å². The van der Waals surface area contributed by atoms with Crippen molar-refractivity contribution in [2.75, 3.05) is 24.6 Å². The average Bonchev–Trinajstić information content (AvgIpc) is 2.84. The van der Waals surface area contributed by atoms with Crippen molar-refractivity contribution >= 4 is 11.3 Å². The van der Waals surface area contributed by atoms with E-state index in [9.17, 15) is 0 Å². The number of nitrogens with zero attached hydrogens (tertiary/aromatic N) is 4. The first-order valence-electron chi connectivity index (χ1n) is 7.18. The number of fused-ring (bicyclic) bond motifs is 1. The molecule has 0 atom stereocenters. The van der Waals surface area contributed by atoms with E-state index in [0.29, 0.717) is 0 Å². The molecular formula is C15H24N4O. The molecule has 0 bridgehead atoms. The third kappa shape index (κ3) is 2.93. The third-order valence-electron chi connectivity index (χ3n) is 3.41. The predicted octanol–water partition coefficient (Wildman–Crippen LogP) is 2.24. The number of rotatable bonds is 5. The van der Waals surface area contributed by atoms with E-state index in [4.69, 9.17) is 5.11 Å². The molecule has 2 heterocycles. The van der Waals surface area contributed by atoms with Gasteiger partial charge in [0.05, 0.1) is 5.69 Å². The van der Waals surface area contributed by atoms with Crippen LogP contribution in [-0.4, -0.2) is 39.4 Å². The molecule has 0 saturated heterocycles.